The van der Waals surface area contributed by atoms with E-state index in [1.54, 1.807) is 43.0 Å². The van der Waals surface area contributed by atoms with Gasteiger partial charge in [-0.2, -0.15) is 11.8 Å². The van der Waals surface area contributed by atoms with Gasteiger partial charge in [0.05, 0.1) is 12.6 Å². The van der Waals surface area contributed by atoms with Crippen molar-refractivity contribution >= 4 is 53.2 Å². The number of rotatable bonds is 26. The molecule has 1 aromatic carbocycles. The number of thioether (sulfide) groups is 1. The number of carbonyl (C=O) groups excluding carboxylic acids is 6. The van der Waals surface area contributed by atoms with E-state index in [1.165, 1.54) is 6.92 Å². The van der Waals surface area contributed by atoms with Crippen LogP contribution in [-0.4, -0.2) is 108 Å². The largest absolute Gasteiger partial charge is 0.480 e. The van der Waals surface area contributed by atoms with Gasteiger partial charge in [0, 0.05) is 6.42 Å². The highest BCUT2D eigenvalue weighted by atomic mass is 32.2. The van der Waals surface area contributed by atoms with Crippen molar-refractivity contribution in [2.75, 3.05) is 25.1 Å². The zero-order chi connectivity index (χ0) is 40.8. The van der Waals surface area contributed by atoms with Gasteiger partial charge in [0.1, 0.15) is 30.2 Å². The Morgan fingerprint density at radius 3 is 1.83 bits per heavy atom. The van der Waals surface area contributed by atoms with E-state index < -0.39 is 84.2 Å². The highest BCUT2D eigenvalue weighted by molar-refractivity contribution is 7.98. The highest BCUT2D eigenvalue weighted by Gasteiger charge is 2.33. The van der Waals surface area contributed by atoms with Crippen molar-refractivity contribution in [1.82, 2.24) is 31.9 Å². The molecule has 1 aromatic rings. The minimum absolute atomic E-state index is 0.0817. The zero-order valence-corrected chi connectivity index (χ0v) is 33.3. The molecule has 0 saturated heterocycles. The topological polar surface area (TPSA) is 264 Å². The number of hydrogen-bond acceptors (Lipinski definition) is 10. The molecule has 54 heavy (non-hydrogen) atoms. The average molecular weight is 779 g/mol. The molecule has 17 heteroatoms. The summed E-state index contributed by atoms with van der Waals surface area (Å²) >= 11 is 1.55. The van der Waals surface area contributed by atoms with E-state index >= 15 is 0 Å². The molecule has 0 saturated carbocycles. The number of carboxylic acid groups (broad SMARTS) is 1. The van der Waals surface area contributed by atoms with Gasteiger partial charge in [-0.15, -0.1) is 0 Å². The molecule has 0 fully saturated rings. The minimum atomic E-state index is -1.20. The number of hydrogen-bond donors (Lipinski definition) is 9. The first-order valence-corrected chi connectivity index (χ1v) is 20.0. The highest BCUT2D eigenvalue weighted by Crippen LogP contribution is 2.12. The van der Waals surface area contributed by atoms with Crippen molar-refractivity contribution in [2.45, 2.75) is 116 Å². The summed E-state index contributed by atoms with van der Waals surface area (Å²) in [5.74, 6) is -4.96. The first-order chi connectivity index (χ1) is 25.6. The standard InChI is InChI=1S/C37H62N8O8S/c1-7-22(3)30(35(50)42-27(37(52)53)16-12-13-18-38)44-29(46)21-40-32(47)24(5)41-34(49)28(20-25-14-10-9-11-15-25)43-36(51)31(23(4)8-2)45-33(48)26(39)17-19-54-6/h9-11,14-15,22-24,26-28,30-31H,7-8,12-13,16-21,38-39H2,1-6H3,(H,40,47)(H,41,49)(H,42,50)(H,43,51)(H,44,46)(H,45,48)(H,52,53)/t22?,23?,24-,26-,27-,28-,30-,31-/m0/s1. The van der Waals surface area contributed by atoms with Gasteiger partial charge in [0.25, 0.3) is 0 Å². The van der Waals surface area contributed by atoms with Crippen molar-refractivity contribution in [2.24, 2.45) is 23.3 Å². The lowest BCUT2D eigenvalue weighted by molar-refractivity contribution is -0.142. The van der Waals surface area contributed by atoms with E-state index in [1.807, 2.05) is 33.1 Å². The third-order valence-electron chi connectivity index (χ3n) is 9.23. The van der Waals surface area contributed by atoms with Crippen molar-refractivity contribution in [3.8, 4) is 0 Å². The van der Waals surface area contributed by atoms with Crippen molar-refractivity contribution < 1.29 is 38.7 Å². The number of unbranched alkanes of at least 4 members (excludes halogenated alkanes) is 1. The van der Waals surface area contributed by atoms with Crippen LogP contribution in [0.2, 0.25) is 0 Å². The van der Waals surface area contributed by atoms with E-state index in [0.717, 1.165) is 5.56 Å². The molecule has 304 valence electrons. The molecule has 2 unspecified atom stereocenters. The molecule has 0 aliphatic carbocycles. The van der Waals surface area contributed by atoms with Crippen LogP contribution >= 0.6 is 11.8 Å². The van der Waals surface area contributed by atoms with E-state index in [-0.39, 0.29) is 24.7 Å². The van der Waals surface area contributed by atoms with Gasteiger partial charge < -0.3 is 48.5 Å². The van der Waals surface area contributed by atoms with E-state index in [2.05, 4.69) is 31.9 Å². The Bertz CT molecular complexity index is 1370. The van der Waals surface area contributed by atoms with Gasteiger partial charge in [0.2, 0.25) is 35.4 Å². The van der Waals surface area contributed by atoms with Crippen molar-refractivity contribution in [1.29, 1.82) is 0 Å². The number of carboxylic acids is 1. The van der Waals surface area contributed by atoms with E-state index in [4.69, 9.17) is 11.5 Å². The van der Waals surface area contributed by atoms with Crippen molar-refractivity contribution in [3.63, 3.8) is 0 Å². The zero-order valence-electron chi connectivity index (χ0n) is 32.4. The van der Waals surface area contributed by atoms with Crippen LogP contribution in [0.1, 0.15) is 78.7 Å². The molecule has 0 aliphatic heterocycles. The molecule has 0 radical (unpaired) electrons. The van der Waals surface area contributed by atoms with Crippen LogP contribution in [0.15, 0.2) is 30.3 Å². The Morgan fingerprint density at radius 1 is 0.722 bits per heavy atom. The van der Waals surface area contributed by atoms with E-state index in [9.17, 15) is 38.7 Å². The summed E-state index contributed by atoms with van der Waals surface area (Å²) < 4.78 is 0. The van der Waals surface area contributed by atoms with Crippen LogP contribution in [0, 0.1) is 11.8 Å². The SMILES string of the molecule is CCC(C)[C@H](NC(=O)CNC(=O)[C@H](C)NC(=O)[C@H](Cc1ccccc1)NC(=O)[C@@H](NC(=O)[C@@H](N)CCSC)C(C)CC)C(=O)N[C@@H](CCCCN)C(=O)O. The Kier molecular flexibility index (Phi) is 22.8. The number of benzene rings is 1. The Morgan fingerprint density at radius 2 is 1.30 bits per heavy atom. The fraction of sp³-hybridized carbons (Fsp3) is 0.649. The number of amides is 6. The number of nitrogens with two attached hydrogens (primary N) is 2. The van der Waals surface area contributed by atoms with Crippen LogP contribution in [0.4, 0.5) is 0 Å². The van der Waals surface area contributed by atoms with Crippen LogP contribution in [-0.2, 0) is 40.0 Å². The summed E-state index contributed by atoms with van der Waals surface area (Å²) in [5.41, 5.74) is 12.3. The maximum absolute atomic E-state index is 13.6. The molecule has 0 aliphatic rings. The first-order valence-electron chi connectivity index (χ1n) is 18.6. The van der Waals surface area contributed by atoms with Gasteiger partial charge in [-0.25, -0.2) is 4.79 Å². The molecule has 16 nitrogen and oxygen atoms in total. The van der Waals surface area contributed by atoms with Gasteiger partial charge >= 0.3 is 5.97 Å². The average Bonchev–Trinajstić information content (AvgIpc) is 3.15. The second kappa shape index (κ2) is 25.7. The number of carbonyl (C=O) groups is 7. The van der Waals surface area contributed by atoms with Crippen molar-refractivity contribution in [3.05, 3.63) is 35.9 Å². The van der Waals surface area contributed by atoms with E-state index in [0.29, 0.717) is 44.4 Å². The third-order valence-corrected chi connectivity index (χ3v) is 9.87. The predicted octanol–water partition coefficient (Wildman–Crippen LogP) is 0.175. The monoisotopic (exact) mass is 778 g/mol. The lowest BCUT2D eigenvalue weighted by atomic mass is 9.96. The van der Waals surface area contributed by atoms with Crippen LogP contribution in [0.3, 0.4) is 0 Å². The van der Waals surface area contributed by atoms with Crippen LogP contribution < -0.4 is 43.4 Å². The Hall–Kier alpha value is -4.22. The second-order valence-corrected chi connectivity index (χ2v) is 14.6. The van der Waals surface area contributed by atoms with Crippen LogP contribution in [0.25, 0.3) is 0 Å². The second-order valence-electron chi connectivity index (χ2n) is 13.6. The summed E-state index contributed by atoms with van der Waals surface area (Å²) in [7, 11) is 0. The predicted molar refractivity (Wildman–Crippen MR) is 209 cm³/mol. The number of aliphatic carboxylic acids is 1. The van der Waals surface area contributed by atoms with Gasteiger partial charge in [-0.1, -0.05) is 70.9 Å². The third kappa shape index (κ3) is 17.3. The summed E-state index contributed by atoms with van der Waals surface area (Å²) in [6.45, 7) is 8.50. The smallest absolute Gasteiger partial charge is 0.326 e. The van der Waals surface area contributed by atoms with Gasteiger partial charge in [0.15, 0.2) is 0 Å². The lowest BCUT2D eigenvalue weighted by Gasteiger charge is -2.28. The lowest BCUT2D eigenvalue weighted by Crippen LogP contribution is -2.59. The quantitative estimate of drug-likeness (QED) is 0.0573. The normalized spacial score (nSPS) is 15.5. The summed E-state index contributed by atoms with van der Waals surface area (Å²) in [6, 6.07) is 2.69. The first kappa shape index (κ1) is 47.8. The van der Waals surface area contributed by atoms with Crippen LogP contribution in [0.5, 0.6) is 0 Å². The fourth-order valence-electron chi connectivity index (χ4n) is 5.30. The molecule has 6 amide bonds. The summed E-state index contributed by atoms with van der Waals surface area (Å²) in [5, 5.41) is 25.2. The minimum Gasteiger partial charge on any atom is -0.480 e. The molecule has 0 aromatic heterocycles. The molecule has 0 spiro atoms. The maximum atomic E-state index is 13.6. The summed E-state index contributed by atoms with van der Waals surface area (Å²) in [4.78, 5) is 90.8. The van der Waals surface area contributed by atoms with Gasteiger partial charge in [-0.05, 0) is 68.6 Å². The fourth-order valence-corrected chi connectivity index (χ4v) is 5.79. The number of nitrogens with one attached hydrogen (secondary N) is 6. The Labute approximate surface area is 323 Å². The molecule has 1 rings (SSSR count). The van der Waals surface area contributed by atoms with Gasteiger partial charge in [-0.3, -0.25) is 28.8 Å². The molecule has 11 N–H and O–H groups in total. The molecule has 8 atom stereocenters. The Balaban J connectivity index is 3.01. The summed E-state index contributed by atoms with van der Waals surface area (Å²) in [6.07, 6.45) is 4.74. The molecular formula is C37H62N8O8S. The molecule has 0 bridgehead atoms. The maximum Gasteiger partial charge on any atom is 0.326 e. The molecule has 0 heterocycles. The molecular weight excluding hydrogens is 717 g/mol.